The first kappa shape index (κ1) is 21.2. The Hall–Kier alpha value is -2.67. The second kappa shape index (κ2) is 8.70. The van der Waals surface area contributed by atoms with Crippen LogP contribution in [0.5, 0.6) is 0 Å². The summed E-state index contributed by atoms with van der Waals surface area (Å²) in [5.41, 5.74) is 3.93. The van der Waals surface area contributed by atoms with E-state index >= 15 is 0 Å². The number of piperazine rings is 1. The van der Waals surface area contributed by atoms with Crippen molar-refractivity contribution in [3.05, 3.63) is 46.1 Å². The van der Waals surface area contributed by atoms with Crippen LogP contribution >= 0.6 is 11.3 Å². The molecule has 0 spiro atoms. The van der Waals surface area contributed by atoms with Crippen molar-refractivity contribution >= 4 is 39.0 Å². The first-order valence-electron chi connectivity index (χ1n) is 11.6. The molecule has 2 aromatic heterocycles. The number of rotatable bonds is 4. The zero-order chi connectivity index (χ0) is 22.2. The molecule has 1 fully saturated rings. The fourth-order valence-electron chi connectivity index (χ4n) is 4.92. The Balaban J connectivity index is 1.52. The highest BCUT2D eigenvalue weighted by molar-refractivity contribution is 7.19. The number of esters is 1. The third-order valence-electron chi connectivity index (χ3n) is 6.55. The highest BCUT2D eigenvalue weighted by atomic mass is 32.1. The van der Waals surface area contributed by atoms with Gasteiger partial charge in [-0.3, -0.25) is 0 Å². The maximum absolute atomic E-state index is 12.5. The molecule has 0 saturated carbocycles. The lowest BCUT2D eigenvalue weighted by Gasteiger charge is -2.42. The van der Waals surface area contributed by atoms with Gasteiger partial charge in [0.25, 0.3) is 0 Å². The van der Waals surface area contributed by atoms with Crippen LogP contribution in [0.15, 0.2) is 24.3 Å². The fourth-order valence-corrected chi connectivity index (χ4v) is 6.18. The van der Waals surface area contributed by atoms with Crippen LogP contribution < -0.4 is 9.80 Å². The molecule has 6 nitrogen and oxygen atoms in total. The van der Waals surface area contributed by atoms with E-state index in [2.05, 4.69) is 52.9 Å². The summed E-state index contributed by atoms with van der Waals surface area (Å²) in [4.78, 5) is 29.1. The number of nitrogens with zero attached hydrogens (tertiary/aromatic N) is 4. The molecule has 1 aliphatic carbocycles. The number of thiophene rings is 1. The summed E-state index contributed by atoms with van der Waals surface area (Å²) < 4.78 is 5.24. The van der Waals surface area contributed by atoms with Gasteiger partial charge in [-0.15, -0.1) is 11.3 Å². The van der Waals surface area contributed by atoms with Crippen LogP contribution in [0.2, 0.25) is 0 Å². The van der Waals surface area contributed by atoms with Crippen molar-refractivity contribution in [2.75, 3.05) is 36.0 Å². The van der Waals surface area contributed by atoms with Gasteiger partial charge >= 0.3 is 5.97 Å². The molecule has 0 bridgehead atoms. The van der Waals surface area contributed by atoms with Crippen LogP contribution in [-0.2, 0) is 17.6 Å². The molecule has 3 heterocycles. The minimum absolute atomic E-state index is 0.182. The van der Waals surface area contributed by atoms with E-state index < -0.39 is 5.97 Å². The first-order chi connectivity index (χ1) is 15.5. The highest BCUT2D eigenvalue weighted by Gasteiger charge is 2.30. The Morgan fingerprint density at radius 3 is 2.69 bits per heavy atom. The van der Waals surface area contributed by atoms with Crippen molar-refractivity contribution < 1.29 is 9.53 Å². The van der Waals surface area contributed by atoms with Crippen LogP contribution in [-0.4, -0.2) is 48.2 Å². The number of fused-ring (bicyclic) bond motifs is 3. The van der Waals surface area contributed by atoms with E-state index in [0.717, 1.165) is 48.5 Å². The summed E-state index contributed by atoms with van der Waals surface area (Å²) in [5.74, 6) is 0.655. The molecule has 3 aromatic rings. The van der Waals surface area contributed by atoms with Crippen molar-refractivity contribution in [3.63, 3.8) is 0 Å². The van der Waals surface area contributed by atoms with Gasteiger partial charge in [0, 0.05) is 36.2 Å². The average Bonchev–Trinajstić information content (AvgIpc) is 3.18. The van der Waals surface area contributed by atoms with Crippen LogP contribution in [0.3, 0.4) is 0 Å². The molecule has 1 atom stereocenters. The minimum Gasteiger partial charge on any atom is -0.460 e. The van der Waals surface area contributed by atoms with Gasteiger partial charge < -0.3 is 14.5 Å². The zero-order valence-electron chi connectivity index (χ0n) is 19.1. The number of benzene rings is 1. The summed E-state index contributed by atoms with van der Waals surface area (Å²) in [7, 11) is 0. The number of carbonyl (C=O) groups is 1. The summed E-state index contributed by atoms with van der Waals surface area (Å²) in [5, 5.41) is 1.16. The topological polar surface area (TPSA) is 58.6 Å². The van der Waals surface area contributed by atoms with Gasteiger partial charge in [-0.05, 0) is 64.2 Å². The number of hydrogen-bond donors (Lipinski definition) is 0. The van der Waals surface area contributed by atoms with Crippen LogP contribution in [0.1, 0.15) is 53.3 Å². The van der Waals surface area contributed by atoms with Crippen molar-refractivity contribution in [1.29, 1.82) is 0 Å². The third-order valence-corrected chi connectivity index (χ3v) is 7.73. The molecule has 2 aliphatic rings. The highest BCUT2D eigenvalue weighted by Crippen LogP contribution is 2.40. The second-order valence-electron chi connectivity index (χ2n) is 8.81. The Morgan fingerprint density at radius 2 is 1.94 bits per heavy atom. The standard InChI is InChI=1S/C25H30N4O2S/c1-4-31-25(30)22-26-23(21-19-7-5-6-8-20(19)32-24(21)27-22)28-13-14-29(17(3)15-28)18-11-9-16(2)10-12-18/h9-12,17H,4-8,13-15H2,1-3H3/t17-/m1/s1. The van der Waals surface area contributed by atoms with Gasteiger partial charge in [0.05, 0.1) is 12.0 Å². The molecule has 0 unspecified atom stereocenters. The quantitative estimate of drug-likeness (QED) is 0.534. The van der Waals surface area contributed by atoms with Crippen LogP contribution in [0, 0.1) is 6.92 Å². The van der Waals surface area contributed by atoms with Crippen LogP contribution in [0.4, 0.5) is 11.5 Å². The van der Waals surface area contributed by atoms with Crippen molar-refractivity contribution in [2.45, 2.75) is 52.5 Å². The lowest BCUT2D eigenvalue weighted by molar-refractivity contribution is 0.0512. The molecule has 0 N–H and O–H groups in total. The molecule has 0 radical (unpaired) electrons. The van der Waals surface area contributed by atoms with Gasteiger partial charge in [0.15, 0.2) is 0 Å². The predicted molar refractivity (Wildman–Crippen MR) is 130 cm³/mol. The molecular weight excluding hydrogens is 420 g/mol. The number of anilines is 2. The lowest BCUT2D eigenvalue weighted by atomic mass is 9.96. The van der Waals surface area contributed by atoms with Crippen molar-refractivity contribution in [1.82, 2.24) is 9.97 Å². The predicted octanol–water partition coefficient (Wildman–Crippen LogP) is 4.77. The number of aryl methyl sites for hydroxylation is 3. The fraction of sp³-hybridized carbons (Fsp3) is 0.480. The summed E-state index contributed by atoms with van der Waals surface area (Å²) in [6.45, 7) is 9.14. The Labute approximate surface area is 193 Å². The largest absolute Gasteiger partial charge is 0.460 e. The van der Waals surface area contributed by atoms with E-state index in [9.17, 15) is 4.79 Å². The molecule has 168 valence electrons. The Kier molecular flexibility index (Phi) is 5.76. The molecule has 7 heteroatoms. The smallest absolute Gasteiger partial charge is 0.376 e. The van der Waals surface area contributed by atoms with Gasteiger partial charge in [-0.2, -0.15) is 0 Å². The number of hydrogen-bond acceptors (Lipinski definition) is 7. The monoisotopic (exact) mass is 450 g/mol. The average molecular weight is 451 g/mol. The second-order valence-corrected chi connectivity index (χ2v) is 9.89. The van der Waals surface area contributed by atoms with E-state index in [4.69, 9.17) is 9.72 Å². The van der Waals surface area contributed by atoms with Gasteiger partial charge in [0.1, 0.15) is 10.6 Å². The summed E-state index contributed by atoms with van der Waals surface area (Å²) >= 11 is 1.73. The van der Waals surface area contributed by atoms with E-state index in [1.165, 1.54) is 34.5 Å². The molecule has 1 aliphatic heterocycles. The van der Waals surface area contributed by atoms with E-state index in [1.807, 2.05) is 6.92 Å². The maximum Gasteiger partial charge on any atom is 0.376 e. The molecular formula is C25H30N4O2S. The molecule has 5 rings (SSSR count). The number of carbonyl (C=O) groups excluding carboxylic acids is 1. The Bertz CT molecular complexity index is 1140. The van der Waals surface area contributed by atoms with Gasteiger partial charge in [-0.25, -0.2) is 14.8 Å². The van der Waals surface area contributed by atoms with Crippen molar-refractivity contribution in [2.24, 2.45) is 0 Å². The molecule has 0 amide bonds. The number of ether oxygens (including phenoxy) is 1. The maximum atomic E-state index is 12.5. The summed E-state index contributed by atoms with van der Waals surface area (Å²) in [6, 6.07) is 9.09. The molecule has 32 heavy (non-hydrogen) atoms. The minimum atomic E-state index is -0.437. The summed E-state index contributed by atoms with van der Waals surface area (Å²) in [6.07, 6.45) is 4.60. The van der Waals surface area contributed by atoms with Crippen molar-refractivity contribution in [3.8, 4) is 0 Å². The zero-order valence-corrected chi connectivity index (χ0v) is 19.9. The van der Waals surface area contributed by atoms with Gasteiger partial charge in [0.2, 0.25) is 5.82 Å². The van der Waals surface area contributed by atoms with E-state index in [0.29, 0.717) is 12.6 Å². The molecule has 1 aromatic carbocycles. The normalized spacial score (nSPS) is 18.7. The first-order valence-corrected chi connectivity index (χ1v) is 12.4. The number of aromatic nitrogens is 2. The lowest BCUT2D eigenvalue weighted by Crippen LogP contribution is -2.52. The van der Waals surface area contributed by atoms with E-state index in [-0.39, 0.29) is 5.82 Å². The Morgan fingerprint density at radius 1 is 1.16 bits per heavy atom. The SMILES string of the molecule is CCOC(=O)c1nc(N2CCN(c3ccc(C)cc3)[C@H](C)C2)c2c3c(sc2n1)CCCC3. The molecule has 1 saturated heterocycles. The van der Waals surface area contributed by atoms with Crippen LogP contribution in [0.25, 0.3) is 10.2 Å². The van der Waals surface area contributed by atoms with E-state index in [1.54, 1.807) is 11.3 Å². The van der Waals surface area contributed by atoms with Gasteiger partial charge in [-0.1, -0.05) is 17.7 Å². The third kappa shape index (κ3) is 3.83.